The van der Waals surface area contributed by atoms with Crippen LogP contribution < -0.4 is 5.32 Å². The van der Waals surface area contributed by atoms with Crippen LogP contribution in [0.15, 0.2) is 54.6 Å². The second-order valence-electron chi connectivity index (χ2n) is 7.87. The Hall–Kier alpha value is -2.08. The molecule has 3 N–H and O–H groups in total. The van der Waals surface area contributed by atoms with Gasteiger partial charge in [-0.1, -0.05) is 60.1 Å². The number of amides is 1. The van der Waals surface area contributed by atoms with Crippen molar-refractivity contribution >= 4 is 17.7 Å². The minimum atomic E-state index is -1.04. The smallest absolute Gasteiger partial charge is 0.408 e. The number of rotatable bonds is 8. The highest BCUT2D eigenvalue weighted by Crippen LogP contribution is 2.23. The molecule has 0 radical (unpaired) electrons. The van der Waals surface area contributed by atoms with E-state index >= 15 is 0 Å². The highest BCUT2D eigenvalue weighted by atomic mass is 35.5. The second kappa shape index (κ2) is 9.92. The summed E-state index contributed by atoms with van der Waals surface area (Å²) in [6, 6.07) is 16.6. The van der Waals surface area contributed by atoms with Gasteiger partial charge in [-0.25, -0.2) is 4.79 Å². The van der Waals surface area contributed by atoms with Crippen LogP contribution in [0.1, 0.15) is 31.9 Å². The number of nitrogens with one attached hydrogen (secondary N) is 1. The largest absolute Gasteiger partial charge is 0.465 e. The van der Waals surface area contributed by atoms with Crippen molar-refractivity contribution in [2.75, 3.05) is 6.54 Å². The molecule has 0 saturated carbocycles. The minimum Gasteiger partial charge on any atom is -0.465 e. The second-order valence-corrected chi connectivity index (χ2v) is 8.28. The summed E-state index contributed by atoms with van der Waals surface area (Å²) in [5, 5.41) is 24.6. The lowest BCUT2D eigenvalue weighted by Gasteiger charge is -2.42. The first-order chi connectivity index (χ1) is 13.2. The molecule has 2 atom stereocenters. The summed E-state index contributed by atoms with van der Waals surface area (Å²) >= 11 is 6.17. The Morgan fingerprint density at radius 3 is 2.29 bits per heavy atom. The molecule has 152 valence electrons. The van der Waals surface area contributed by atoms with E-state index in [1.165, 1.54) is 4.90 Å². The maximum absolute atomic E-state index is 12.0. The summed E-state index contributed by atoms with van der Waals surface area (Å²) < 4.78 is 0. The Balaban J connectivity index is 2.14. The summed E-state index contributed by atoms with van der Waals surface area (Å²) in [5.41, 5.74) is 1.27. The normalized spacial score (nSPS) is 13.8. The molecule has 5 nitrogen and oxygen atoms in total. The molecular formula is C22H29ClN2O3. The number of aliphatic hydroxyl groups is 1. The summed E-state index contributed by atoms with van der Waals surface area (Å²) in [6.07, 6.45) is -1.49. The van der Waals surface area contributed by atoms with Gasteiger partial charge in [0.15, 0.2) is 0 Å². The van der Waals surface area contributed by atoms with E-state index in [2.05, 4.69) is 5.32 Å². The van der Waals surface area contributed by atoms with E-state index in [1.54, 1.807) is 0 Å². The summed E-state index contributed by atoms with van der Waals surface area (Å²) in [6.45, 7) is 6.26. The van der Waals surface area contributed by atoms with Gasteiger partial charge in [-0.05, 0) is 44.4 Å². The lowest BCUT2D eigenvalue weighted by atomic mass is 9.94. The van der Waals surface area contributed by atoms with Gasteiger partial charge >= 0.3 is 6.09 Å². The monoisotopic (exact) mass is 404 g/mol. The number of benzene rings is 2. The molecule has 0 aliphatic heterocycles. The molecule has 2 aromatic carbocycles. The molecule has 0 aliphatic carbocycles. The summed E-state index contributed by atoms with van der Waals surface area (Å²) in [4.78, 5) is 13.3. The first-order valence-electron chi connectivity index (χ1n) is 9.38. The van der Waals surface area contributed by atoms with Crippen LogP contribution in [0.2, 0.25) is 5.02 Å². The maximum atomic E-state index is 12.0. The molecule has 0 spiro atoms. The molecule has 0 bridgehead atoms. The lowest BCUT2D eigenvalue weighted by Crippen LogP contribution is -2.58. The van der Waals surface area contributed by atoms with E-state index in [4.69, 9.17) is 11.6 Å². The number of aliphatic hydroxyl groups excluding tert-OH is 1. The van der Waals surface area contributed by atoms with Gasteiger partial charge in [-0.15, -0.1) is 0 Å². The number of hydrogen-bond donors (Lipinski definition) is 3. The zero-order valence-electron chi connectivity index (χ0n) is 16.6. The SMILES string of the molecule is CC(C)(C)N(C(=O)O)[C@@H](Cc1ccccc1)[C@H](O)CNCc1ccccc1Cl. The molecule has 1 amide bonds. The standard InChI is InChI=1S/C22H29ClN2O3/c1-22(2,3)25(21(27)28)19(13-16-9-5-4-6-10-16)20(26)15-24-14-17-11-7-8-12-18(17)23/h4-12,19-20,24,26H,13-15H2,1-3H3,(H,27,28)/t19-,20+/m0/s1. The Bertz CT molecular complexity index is 762. The number of nitrogens with zero attached hydrogens (tertiary/aromatic N) is 1. The van der Waals surface area contributed by atoms with Gasteiger partial charge in [0.2, 0.25) is 0 Å². The molecule has 0 aromatic heterocycles. The third-order valence-electron chi connectivity index (χ3n) is 4.62. The van der Waals surface area contributed by atoms with Crippen molar-refractivity contribution in [1.29, 1.82) is 0 Å². The van der Waals surface area contributed by atoms with Crippen LogP contribution in [-0.4, -0.2) is 45.4 Å². The Kier molecular flexibility index (Phi) is 7.87. The van der Waals surface area contributed by atoms with Crippen molar-refractivity contribution in [2.24, 2.45) is 0 Å². The zero-order chi connectivity index (χ0) is 20.7. The predicted octanol–water partition coefficient (Wildman–Crippen LogP) is 4.18. The molecule has 0 saturated heterocycles. The van der Waals surface area contributed by atoms with Crippen molar-refractivity contribution in [1.82, 2.24) is 10.2 Å². The Morgan fingerprint density at radius 1 is 1.11 bits per heavy atom. The molecule has 0 unspecified atom stereocenters. The van der Waals surface area contributed by atoms with Crippen LogP contribution in [-0.2, 0) is 13.0 Å². The van der Waals surface area contributed by atoms with Gasteiger partial charge in [0.05, 0.1) is 12.1 Å². The predicted molar refractivity (Wildman–Crippen MR) is 113 cm³/mol. The van der Waals surface area contributed by atoms with Crippen LogP contribution in [0, 0.1) is 0 Å². The maximum Gasteiger partial charge on any atom is 0.408 e. The van der Waals surface area contributed by atoms with Crippen LogP contribution >= 0.6 is 11.6 Å². The third-order valence-corrected chi connectivity index (χ3v) is 4.99. The average Bonchev–Trinajstić information content (AvgIpc) is 2.62. The van der Waals surface area contributed by atoms with E-state index in [9.17, 15) is 15.0 Å². The number of hydrogen-bond acceptors (Lipinski definition) is 3. The number of carboxylic acid groups (broad SMARTS) is 1. The van der Waals surface area contributed by atoms with Crippen LogP contribution in [0.5, 0.6) is 0 Å². The summed E-state index contributed by atoms with van der Waals surface area (Å²) in [7, 11) is 0. The van der Waals surface area contributed by atoms with Gasteiger partial charge in [0, 0.05) is 23.7 Å². The molecule has 0 heterocycles. The topological polar surface area (TPSA) is 72.8 Å². The molecule has 0 aliphatic rings. The minimum absolute atomic E-state index is 0.253. The van der Waals surface area contributed by atoms with E-state index in [-0.39, 0.29) is 6.54 Å². The average molecular weight is 405 g/mol. The fourth-order valence-corrected chi connectivity index (χ4v) is 3.52. The number of carbonyl (C=O) groups is 1. The Morgan fingerprint density at radius 2 is 1.71 bits per heavy atom. The van der Waals surface area contributed by atoms with Crippen LogP contribution in [0.3, 0.4) is 0 Å². The van der Waals surface area contributed by atoms with Crippen LogP contribution in [0.25, 0.3) is 0 Å². The van der Waals surface area contributed by atoms with Crippen LogP contribution in [0.4, 0.5) is 4.79 Å². The third kappa shape index (κ3) is 6.23. The van der Waals surface area contributed by atoms with E-state index in [0.29, 0.717) is 18.0 Å². The first kappa shape index (κ1) is 22.2. The highest BCUT2D eigenvalue weighted by Gasteiger charge is 2.37. The molecule has 2 rings (SSSR count). The molecule has 0 fully saturated rings. The molecule has 2 aromatic rings. The van der Waals surface area contributed by atoms with Gasteiger partial charge < -0.3 is 15.5 Å². The highest BCUT2D eigenvalue weighted by molar-refractivity contribution is 6.31. The summed E-state index contributed by atoms with van der Waals surface area (Å²) in [5.74, 6) is 0. The quantitative estimate of drug-likeness (QED) is 0.617. The van der Waals surface area contributed by atoms with E-state index in [0.717, 1.165) is 11.1 Å². The van der Waals surface area contributed by atoms with Gasteiger partial charge in [0.25, 0.3) is 0 Å². The van der Waals surface area contributed by atoms with E-state index in [1.807, 2.05) is 75.4 Å². The van der Waals surface area contributed by atoms with Gasteiger partial charge in [0.1, 0.15) is 0 Å². The van der Waals surface area contributed by atoms with Gasteiger partial charge in [-0.3, -0.25) is 4.90 Å². The van der Waals surface area contributed by atoms with Crippen molar-refractivity contribution in [2.45, 2.75) is 51.4 Å². The first-order valence-corrected chi connectivity index (χ1v) is 9.76. The fraction of sp³-hybridized carbons (Fsp3) is 0.409. The van der Waals surface area contributed by atoms with Crippen molar-refractivity contribution in [3.63, 3.8) is 0 Å². The molecular weight excluding hydrogens is 376 g/mol. The molecule has 28 heavy (non-hydrogen) atoms. The number of halogens is 1. The van der Waals surface area contributed by atoms with Crippen molar-refractivity contribution in [3.05, 3.63) is 70.7 Å². The zero-order valence-corrected chi connectivity index (χ0v) is 17.4. The molecule has 6 heteroatoms. The van der Waals surface area contributed by atoms with Gasteiger partial charge in [-0.2, -0.15) is 0 Å². The van der Waals surface area contributed by atoms with E-state index < -0.39 is 23.8 Å². The van der Waals surface area contributed by atoms with Crippen molar-refractivity contribution in [3.8, 4) is 0 Å². The Labute approximate surface area is 172 Å². The van der Waals surface area contributed by atoms with Crippen molar-refractivity contribution < 1.29 is 15.0 Å². The fourth-order valence-electron chi connectivity index (χ4n) is 3.31. The lowest BCUT2D eigenvalue weighted by molar-refractivity contribution is 0.00770.